The van der Waals surface area contributed by atoms with Crippen LogP contribution in [0.4, 0.5) is 0 Å². The highest BCUT2D eigenvalue weighted by Gasteiger charge is 2.15. The molecule has 1 aliphatic rings. The third-order valence-electron chi connectivity index (χ3n) is 3.57. The Balaban J connectivity index is 2.00. The Morgan fingerprint density at radius 3 is 2.50 bits per heavy atom. The molecule has 3 heteroatoms. The van der Waals surface area contributed by atoms with Crippen molar-refractivity contribution in [2.75, 3.05) is 39.8 Å². The van der Waals surface area contributed by atoms with E-state index in [0.29, 0.717) is 6.04 Å². The van der Waals surface area contributed by atoms with Crippen LogP contribution in [0.1, 0.15) is 39.0 Å². The standard InChI is InChI=1S/C13H29N3/c1-3-4-5-8-15(2)11-12-16-9-6-13(14)7-10-16/h13H,3-12,14H2,1-2H3. The zero-order chi connectivity index (χ0) is 11.8. The summed E-state index contributed by atoms with van der Waals surface area (Å²) in [4.78, 5) is 5.02. The molecule has 0 aromatic carbocycles. The van der Waals surface area contributed by atoms with Crippen LogP contribution >= 0.6 is 0 Å². The Morgan fingerprint density at radius 2 is 1.88 bits per heavy atom. The van der Waals surface area contributed by atoms with Gasteiger partial charge < -0.3 is 15.5 Å². The normalized spacial score (nSPS) is 19.5. The van der Waals surface area contributed by atoms with Gasteiger partial charge >= 0.3 is 0 Å². The number of hydrogen-bond donors (Lipinski definition) is 1. The van der Waals surface area contributed by atoms with E-state index in [9.17, 15) is 0 Å². The zero-order valence-electron chi connectivity index (χ0n) is 11.1. The lowest BCUT2D eigenvalue weighted by atomic mass is 10.1. The molecule has 0 saturated carbocycles. The van der Waals surface area contributed by atoms with Gasteiger partial charge in [0.1, 0.15) is 0 Å². The minimum absolute atomic E-state index is 0.457. The number of likely N-dealkylation sites (tertiary alicyclic amines) is 1. The van der Waals surface area contributed by atoms with Gasteiger partial charge in [0.2, 0.25) is 0 Å². The van der Waals surface area contributed by atoms with Gasteiger partial charge in [-0.1, -0.05) is 19.8 Å². The van der Waals surface area contributed by atoms with Crippen LogP contribution in [0.3, 0.4) is 0 Å². The number of nitrogens with zero attached hydrogens (tertiary/aromatic N) is 2. The molecule has 1 saturated heterocycles. The Hall–Kier alpha value is -0.120. The predicted octanol–water partition coefficient (Wildman–Crippen LogP) is 1.53. The molecule has 0 aromatic heterocycles. The molecule has 0 amide bonds. The van der Waals surface area contributed by atoms with E-state index in [-0.39, 0.29) is 0 Å². The van der Waals surface area contributed by atoms with Crippen LogP contribution in [-0.2, 0) is 0 Å². The molecule has 16 heavy (non-hydrogen) atoms. The maximum Gasteiger partial charge on any atom is 0.0109 e. The van der Waals surface area contributed by atoms with E-state index in [1.54, 1.807) is 0 Å². The summed E-state index contributed by atoms with van der Waals surface area (Å²) in [6, 6.07) is 0.457. The maximum atomic E-state index is 5.90. The van der Waals surface area contributed by atoms with Crippen molar-refractivity contribution in [3.8, 4) is 0 Å². The van der Waals surface area contributed by atoms with Gasteiger partial charge in [-0.3, -0.25) is 0 Å². The van der Waals surface area contributed by atoms with Crippen molar-refractivity contribution in [3.63, 3.8) is 0 Å². The summed E-state index contributed by atoms with van der Waals surface area (Å²) < 4.78 is 0. The van der Waals surface area contributed by atoms with Crippen LogP contribution in [0.2, 0.25) is 0 Å². The smallest absolute Gasteiger partial charge is 0.0109 e. The van der Waals surface area contributed by atoms with Crippen molar-refractivity contribution in [3.05, 3.63) is 0 Å². The molecule has 1 rings (SSSR count). The lowest BCUT2D eigenvalue weighted by Gasteiger charge is -2.31. The molecule has 96 valence electrons. The lowest BCUT2D eigenvalue weighted by Crippen LogP contribution is -2.42. The first-order valence-electron chi connectivity index (χ1n) is 6.89. The number of nitrogens with two attached hydrogens (primary N) is 1. The molecule has 0 aromatic rings. The molecule has 1 fully saturated rings. The minimum Gasteiger partial charge on any atom is -0.328 e. The lowest BCUT2D eigenvalue weighted by molar-refractivity contribution is 0.185. The summed E-state index contributed by atoms with van der Waals surface area (Å²) in [5.41, 5.74) is 5.90. The molecule has 0 bridgehead atoms. The van der Waals surface area contributed by atoms with E-state index in [0.717, 1.165) is 0 Å². The summed E-state index contributed by atoms with van der Waals surface area (Å²) >= 11 is 0. The van der Waals surface area contributed by atoms with Crippen LogP contribution in [0, 0.1) is 0 Å². The van der Waals surface area contributed by atoms with E-state index in [2.05, 4.69) is 23.8 Å². The molecule has 2 N–H and O–H groups in total. The van der Waals surface area contributed by atoms with Gasteiger partial charge in [-0.05, 0) is 45.9 Å². The van der Waals surface area contributed by atoms with E-state index < -0.39 is 0 Å². The highest BCUT2D eigenvalue weighted by molar-refractivity contribution is 4.74. The minimum atomic E-state index is 0.457. The average molecular weight is 227 g/mol. The van der Waals surface area contributed by atoms with Crippen molar-refractivity contribution in [2.24, 2.45) is 5.73 Å². The topological polar surface area (TPSA) is 32.5 Å². The molecular formula is C13H29N3. The summed E-state index contributed by atoms with van der Waals surface area (Å²) in [6.07, 6.45) is 6.39. The molecule has 0 radical (unpaired) electrons. The maximum absolute atomic E-state index is 5.90. The number of rotatable bonds is 7. The van der Waals surface area contributed by atoms with Crippen LogP contribution < -0.4 is 5.73 Å². The molecule has 0 aliphatic carbocycles. The summed E-state index contributed by atoms with van der Waals surface area (Å²) in [5, 5.41) is 0. The molecule has 3 nitrogen and oxygen atoms in total. The average Bonchev–Trinajstić information content (AvgIpc) is 2.29. The van der Waals surface area contributed by atoms with Gasteiger partial charge in [0.15, 0.2) is 0 Å². The number of unbranched alkanes of at least 4 members (excludes halogenated alkanes) is 2. The number of likely N-dealkylation sites (N-methyl/N-ethyl adjacent to an activating group) is 1. The van der Waals surface area contributed by atoms with Crippen LogP contribution in [-0.4, -0.2) is 55.6 Å². The number of hydrogen-bond acceptors (Lipinski definition) is 3. The fraction of sp³-hybridized carbons (Fsp3) is 1.00. The highest BCUT2D eigenvalue weighted by Crippen LogP contribution is 2.07. The van der Waals surface area contributed by atoms with Gasteiger partial charge in [0, 0.05) is 19.1 Å². The zero-order valence-corrected chi connectivity index (χ0v) is 11.1. The first-order chi connectivity index (χ1) is 7.72. The quantitative estimate of drug-likeness (QED) is 0.670. The van der Waals surface area contributed by atoms with Crippen LogP contribution in [0.25, 0.3) is 0 Å². The SMILES string of the molecule is CCCCCN(C)CCN1CCC(N)CC1. The fourth-order valence-electron chi connectivity index (χ4n) is 2.23. The molecular weight excluding hydrogens is 198 g/mol. The van der Waals surface area contributed by atoms with E-state index in [4.69, 9.17) is 5.73 Å². The summed E-state index contributed by atoms with van der Waals surface area (Å²) in [7, 11) is 2.24. The van der Waals surface area contributed by atoms with Crippen molar-refractivity contribution >= 4 is 0 Å². The molecule has 0 unspecified atom stereocenters. The molecule has 1 heterocycles. The predicted molar refractivity (Wildman–Crippen MR) is 70.7 cm³/mol. The van der Waals surface area contributed by atoms with Crippen molar-refractivity contribution in [2.45, 2.75) is 45.1 Å². The van der Waals surface area contributed by atoms with Gasteiger partial charge in [0.25, 0.3) is 0 Å². The summed E-state index contributed by atoms with van der Waals surface area (Å²) in [6.45, 7) is 8.33. The van der Waals surface area contributed by atoms with Gasteiger partial charge in [-0.15, -0.1) is 0 Å². The van der Waals surface area contributed by atoms with Gasteiger partial charge in [0.05, 0.1) is 0 Å². The Bertz CT molecular complexity index is 165. The number of piperidine rings is 1. The first-order valence-corrected chi connectivity index (χ1v) is 6.89. The fourth-order valence-corrected chi connectivity index (χ4v) is 2.23. The second kappa shape index (κ2) is 8.04. The van der Waals surface area contributed by atoms with E-state index >= 15 is 0 Å². The van der Waals surface area contributed by atoms with Crippen LogP contribution in [0.15, 0.2) is 0 Å². The van der Waals surface area contributed by atoms with Crippen molar-refractivity contribution in [1.82, 2.24) is 9.80 Å². The first kappa shape index (κ1) is 13.9. The molecule has 0 atom stereocenters. The summed E-state index contributed by atoms with van der Waals surface area (Å²) in [5.74, 6) is 0. The second-order valence-corrected chi connectivity index (χ2v) is 5.19. The Kier molecular flexibility index (Phi) is 7.01. The molecule has 0 spiro atoms. The highest BCUT2D eigenvalue weighted by atomic mass is 15.2. The van der Waals surface area contributed by atoms with Crippen molar-refractivity contribution in [1.29, 1.82) is 0 Å². The Labute approximate surface area is 101 Å². The van der Waals surface area contributed by atoms with Gasteiger partial charge in [-0.25, -0.2) is 0 Å². The molecule has 1 aliphatic heterocycles. The monoisotopic (exact) mass is 227 g/mol. The van der Waals surface area contributed by atoms with Crippen LogP contribution in [0.5, 0.6) is 0 Å². The second-order valence-electron chi connectivity index (χ2n) is 5.19. The van der Waals surface area contributed by atoms with E-state index in [1.807, 2.05) is 0 Å². The Morgan fingerprint density at radius 1 is 1.19 bits per heavy atom. The third kappa shape index (κ3) is 5.83. The van der Waals surface area contributed by atoms with Gasteiger partial charge in [-0.2, -0.15) is 0 Å². The third-order valence-corrected chi connectivity index (χ3v) is 3.57. The van der Waals surface area contributed by atoms with E-state index in [1.165, 1.54) is 64.8 Å². The largest absolute Gasteiger partial charge is 0.328 e. The van der Waals surface area contributed by atoms with Crippen molar-refractivity contribution < 1.29 is 0 Å².